The summed E-state index contributed by atoms with van der Waals surface area (Å²) in [5.41, 5.74) is 1.54. The van der Waals surface area contributed by atoms with Gasteiger partial charge in [-0.05, 0) is 24.7 Å². The van der Waals surface area contributed by atoms with Crippen LogP contribution in [-0.4, -0.2) is 17.7 Å². The Kier molecular flexibility index (Phi) is 4.16. The Bertz CT molecular complexity index is 501. The SMILES string of the molecule is C=C1NC(=S)NC(c2ccccc2)C1C(=O)OCC. The zero-order chi connectivity index (χ0) is 13.8. The fourth-order valence-electron chi connectivity index (χ4n) is 2.13. The third-order valence-electron chi connectivity index (χ3n) is 2.97. The van der Waals surface area contributed by atoms with Crippen LogP contribution in [0.15, 0.2) is 42.6 Å². The van der Waals surface area contributed by atoms with Gasteiger partial charge in [-0.15, -0.1) is 0 Å². The maximum atomic E-state index is 12.1. The number of ether oxygens (including phenoxy) is 1. The van der Waals surface area contributed by atoms with Gasteiger partial charge in [0, 0.05) is 5.70 Å². The lowest BCUT2D eigenvalue weighted by molar-refractivity contribution is -0.147. The molecule has 0 amide bonds. The molecule has 0 radical (unpaired) electrons. The van der Waals surface area contributed by atoms with Crippen molar-refractivity contribution >= 4 is 23.3 Å². The first kappa shape index (κ1) is 13.5. The van der Waals surface area contributed by atoms with Crippen molar-refractivity contribution in [3.63, 3.8) is 0 Å². The van der Waals surface area contributed by atoms with Crippen LogP contribution in [0.4, 0.5) is 0 Å². The predicted molar refractivity (Wildman–Crippen MR) is 77.3 cm³/mol. The van der Waals surface area contributed by atoms with Gasteiger partial charge in [-0.1, -0.05) is 36.9 Å². The number of rotatable bonds is 3. The molecule has 4 nitrogen and oxygen atoms in total. The van der Waals surface area contributed by atoms with Crippen molar-refractivity contribution in [1.82, 2.24) is 10.6 Å². The fraction of sp³-hybridized carbons (Fsp3) is 0.286. The molecule has 1 aliphatic rings. The van der Waals surface area contributed by atoms with Gasteiger partial charge in [-0.2, -0.15) is 0 Å². The average molecular weight is 276 g/mol. The molecule has 19 heavy (non-hydrogen) atoms. The zero-order valence-corrected chi connectivity index (χ0v) is 11.5. The van der Waals surface area contributed by atoms with Gasteiger partial charge in [0.1, 0.15) is 5.92 Å². The van der Waals surface area contributed by atoms with Crippen LogP contribution < -0.4 is 10.6 Å². The van der Waals surface area contributed by atoms with Gasteiger partial charge in [0.2, 0.25) is 0 Å². The minimum absolute atomic E-state index is 0.249. The molecule has 2 atom stereocenters. The third-order valence-corrected chi connectivity index (χ3v) is 3.19. The van der Waals surface area contributed by atoms with Crippen molar-refractivity contribution in [3.8, 4) is 0 Å². The van der Waals surface area contributed by atoms with Gasteiger partial charge in [0.25, 0.3) is 0 Å². The van der Waals surface area contributed by atoms with Crippen LogP contribution >= 0.6 is 12.2 Å². The average Bonchev–Trinajstić information content (AvgIpc) is 2.39. The van der Waals surface area contributed by atoms with Gasteiger partial charge < -0.3 is 15.4 Å². The molecule has 1 heterocycles. The maximum absolute atomic E-state index is 12.1. The second kappa shape index (κ2) is 5.84. The molecule has 0 aromatic heterocycles. The number of benzene rings is 1. The number of carbonyl (C=O) groups excluding carboxylic acids is 1. The molecule has 2 unspecified atom stereocenters. The van der Waals surface area contributed by atoms with Crippen molar-refractivity contribution in [2.24, 2.45) is 5.92 Å². The molecule has 0 saturated carbocycles. The Hall–Kier alpha value is -1.88. The molecule has 1 aromatic carbocycles. The van der Waals surface area contributed by atoms with Crippen molar-refractivity contribution in [2.75, 3.05) is 6.61 Å². The van der Waals surface area contributed by atoms with Crippen LogP contribution in [-0.2, 0) is 9.53 Å². The van der Waals surface area contributed by atoms with Crippen LogP contribution in [0.25, 0.3) is 0 Å². The predicted octanol–water partition coefficient (Wildman–Crippen LogP) is 1.90. The molecule has 0 bridgehead atoms. The second-order valence-electron chi connectivity index (χ2n) is 4.24. The molecular formula is C14H16N2O2S. The molecule has 0 spiro atoms. The van der Waals surface area contributed by atoms with E-state index in [0.29, 0.717) is 17.4 Å². The molecule has 1 aliphatic heterocycles. The number of nitrogens with one attached hydrogen (secondary N) is 2. The summed E-state index contributed by atoms with van der Waals surface area (Å²) in [4.78, 5) is 12.1. The summed E-state index contributed by atoms with van der Waals surface area (Å²) in [6.07, 6.45) is 0. The summed E-state index contributed by atoms with van der Waals surface area (Å²) in [7, 11) is 0. The Morgan fingerprint density at radius 3 is 2.74 bits per heavy atom. The Labute approximate surface area is 117 Å². The van der Waals surface area contributed by atoms with E-state index in [2.05, 4.69) is 17.2 Å². The third kappa shape index (κ3) is 2.93. The first-order valence-electron chi connectivity index (χ1n) is 6.11. The first-order chi connectivity index (χ1) is 9.13. The summed E-state index contributed by atoms with van der Waals surface area (Å²) in [6, 6.07) is 9.43. The minimum atomic E-state index is -0.492. The van der Waals surface area contributed by atoms with Crippen molar-refractivity contribution in [3.05, 3.63) is 48.2 Å². The number of esters is 1. The fourth-order valence-corrected chi connectivity index (χ4v) is 2.39. The number of thiocarbonyl (C=S) groups is 1. The van der Waals surface area contributed by atoms with Gasteiger partial charge in [0.05, 0.1) is 12.6 Å². The van der Waals surface area contributed by atoms with E-state index in [1.807, 2.05) is 30.3 Å². The van der Waals surface area contributed by atoms with E-state index in [9.17, 15) is 4.79 Å². The molecular weight excluding hydrogens is 260 g/mol. The molecule has 1 fully saturated rings. The molecule has 2 rings (SSSR count). The summed E-state index contributed by atoms with van der Waals surface area (Å²) >= 11 is 5.13. The van der Waals surface area contributed by atoms with Crippen LogP contribution in [0.3, 0.4) is 0 Å². The summed E-state index contributed by atoms with van der Waals surface area (Å²) in [5.74, 6) is -0.794. The first-order valence-corrected chi connectivity index (χ1v) is 6.52. The Morgan fingerprint density at radius 2 is 2.11 bits per heavy atom. The molecule has 1 aromatic rings. The van der Waals surface area contributed by atoms with E-state index in [-0.39, 0.29) is 12.0 Å². The number of hydrogen-bond acceptors (Lipinski definition) is 3. The Morgan fingerprint density at radius 1 is 1.42 bits per heavy atom. The highest BCUT2D eigenvalue weighted by molar-refractivity contribution is 7.80. The monoisotopic (exact) mass is 276 g/mol. The van der Waals surface area contributed by atoms with Crippen molar-refractivity contribution in [1.29, 1.82) is 0 Å². The van der Waals surface area contributed by atoms with Crippen molar-refractivity contribution in [2.45, 2.75) is 13.0 Å². The van der Waals surface area contributed by atoms with E-state index in [0.717, 1.165) is 5.56 Å². The van der Waals surface area contributed by atoms with E-state index < -0.39 is 5.92 Å². The van der Waals surface area contributed by atoms with Crippen LogP contribution in [0.1, 0.15) is 18.5 Å². The van der Waals surface area contributed by atoms with Crippen LogP contribution in [0, 0.1) is 5.92 Å². The second-order valence-corrected chi connectivity index (χ2v) is 4.65. The highest BCUT2D eigenvalue weighted by atomic mass is 32.1. The summed E-state index contributed by atoms with van der Waals surface area (Å²) in [5, 5.41) is 6.48. The smallest absolute Gasteiger partial charge is 0.317 e. The van der Waals surface area contributed by atoms with Gasteiger partial charge >= 0.3 is 5.97 Å². The normalized spacial score (nSPS) is 22.4. The quantitative estimate of drug-likeness (QED) is 0.652. The minimum Gasteiger partial charge on any atom is -0.465 e. The Balaban J connectivity index is 2.32. The van der Waals surface area contributed by atoms with Crippen LogP contribution in [0.5, 0.6) is 0 Å². The largest absolute Gasteiger partial charge is 0.465 e. The molecule has 0 aliphatic carbocycles. The summed E-state index contributed by atoms with van der Waals surface area (Å²) < 4.78 is 5.12. The molecule has 5 heteroatoms. The summed E-state index contributed by atoms with van der Waals surface area (Å²) in [6.45, 7) is 6.01. The molecule has 2 N–H and O–H groups in total. The van der Waals surface area contributed by atoms with Crippen molar-refractivity contribution < 1.29 is 9.53 Å². The highest BCUT2D eigenvalue weighted by Gasteiger charge is 2.37. The van der Waals surface area contributed by atoms with Gasteiger partial charge in [0.15, 0.2) is 5.11 Å². The lowest BCUT2D eigenvalue weighted by atomic mass is 9.89. The lowest BCUT2D eigenvalue weighted by Gasteiger charge is -2.34. The van der Waals surface area contributed by atoms with E-state index >= 15 is 0 Å². The standard InChI is InChI=1S/C14H16N2O2S/c1-3-18-13(17)11-9(2)15-14(19)16-12(11)10-7-5-4-6-8-10/h4-8,11-12H,2-3H2,1H3,(H2,15,16,19). The van der Waals surface area contributed by atoms with E-state index in [1.54, 1.807) is 6.92 Å². The van der Waals surface area contributed by atoms with E-state index in [4.69, 9.17) is 17.0 Å². The number of hydrogen-bond donors (Lipinski definition) is 2. The maximum Gasteiger partial charge on any atom is 0.317 e. The highest BCUT2D eigenvalue weighted by Crippen LogP contribution is 2.30. The van der Waals surface area contributed by atoms with Gasteiger partial charge in [-0.25, -0.2) is 0 Å². The zero-order valence-electron chi connectivity index (χ0n) is 10.7. The molecule has 1 saturated heterocycles. The van der Waals surface area contributed by atoms with E-state index in [1.165, 1.54) is 0 Å². The number of carbonyl (C=O) groups is 1. The van der Waals surface area contributed by atoms with Crippen LogP contribution in [0.2, 0.25) is 0 Å². The molecule has 100 valence electrons. The topological polar surface area (TPSA) is 50.4 Å². The lowest BCUT2D eigenvalue weighted by Crippen LogP contribution is -2.50. The van der Waals surface area contributed by atoms with Gasteiger partial charge in [-0.3, -0.25) is 4.79 Å².